The maximum Gasteiger partial charge on any atom is 0.193 e. The van der Waals surface area contributed by atoms with Crippen LogP contribution in [0.3, 0.4) is 0 Å². The fraction of sp³-hybridized carbons (Fsp3) is 0.519. The molecule has 164 valence electrons. The number of carbonyl (C=O) groups excluding carboxylic acids is 1. The summed E-state index contributed by atoms with van der Waals surface area (Å²) in [6, 6.07) is 17.0. The van der Waals surface area contributed by atoms with Crippen molar-refractivity contribution in [2.45, 2.75) is 59.3 Å². The van der Waals surface area contributed by atoms with Crippen molar-refractivity contribution < 1.29 is 9.53 Å². The molecule has 0 aliphatic heterocycles. The highest BCUT2D eigenvalue weighted by Crippen LogP contribution is 2.60. The Bertz CT molecular complexity index is 716. The van der Waals surface area contributed by atoms with E-state index < -0.39 is 7.26 Å². The number of unbranched alkanes of at least 4 members (excludes halogenated alkanes) is 2. The van der Waals surface area contributed by atoms with Gasteiger partial charge in [0.05, 0.1) is 31.3 Å². The van der Waals surface area contributed by atoms with Crippen LogP contribution in [0.15, 0.2) is 54.6 Å². The molecule has 0 unspecified atom stereocenters. The molecule has 3 heteroatoms. The number of rotatable bonds is 15. The van der Waals surface area contributed by atoms with E-state index in [2.05, 4.69) is 20.8 Å². The highest BCUT2D eigenvalue weighted by Gasteiger charge is 2.34. The number of ether oxygens (including phenoxy) is 1. The third-order valence-corrected chi connectivity index (χ3v) is 11.1. The summed E-state index contributed by atoms with van der Waals surface area (Å²) in [5, 5.41) is 0. The van der Waals surface area contributed by atoms with Crippen molar-refractivity contribution in [3.63, 3.8) is 0 Å². The summed E-state index contributed by atoms with van der Waals surface area (Å²) >= 11 is 0. The van der Waals surface area contributed by atoms with Crippen molar-refractivity contribution in [3.8, 4) is 5.75 Å². The van der Waals surface area contributed by atoms with Crippen molar-refractivity contribution >= 4 is 13.0 Å². The van der Waals surface area contributed by atoms with Crippen LogP contribution in [0.5, 0.6) is 5.75 Å². The maximum absolute atomic E-state index is 12.5. The highest BCUT2D eigenvalue weighted by molar-refractivity contribution is 7.75. The lowest BCUT2D eigenvalue weighted by molar-refractivity contribution is 0.103. The molecule has 2 nitrogen and oxygen atoms in total. The molecular formula is C27H40O2P+. The summed E-state index contributed by atoms with van der Waals surface area (Å²) in [6.07, 6.45) is 13.6. The summed E-state index contributed by atoms with van der Waals surface area (Å²) in [7, 11) is -0.830. The van der Waals surface area contributed by atoms with Gasteiger partial charge in [0.2, 0.25) is 0 Å². The molecule has 0 spiro atoms. The van der Waals surface area contributed by atoms with Crippen molar-refractivity contribution in [1.29, 1.82) is 0 Å². The standard InChI is InChI=1S/C27H40O2P/c1-4-7-21-30(20-6-3,22-8-5-2)23-12-19-29-26-17-15-25(16-18-26)27(28)24-13-10-9-11-14-24/h9-11,13-18H,4-8,12,19-23H2,1-3H3/q+1. The molecule has 0 aromatic heterocycles. The van der Waals surface area contributed by atoms with Gasteiger partial charge in [-0.1, -0.05) is 63.9 Å². The van der Waals surface area contributed by atoms with Crippen molar-refractivity contribution in [2.75, 3.05) is 31.3 Å². The monoisotopic (exact) mass is 427 g/mol. The second kappa shape index (κ2) is 13.6. The van der Waals surface area contributed by atoms with Gasteiger partial charge in [0, 0.05) is 24.8 Å². The Morgan fingerprint density at radius 2 is 1.27 bits per heavy atom. The van der Waals surface area contributed by atoms with E-state index in [1.807, 2.05) is 54.6 Å². The molecule has 30 heavy (non-hydrogen) atoms. The minimum Gasteiger partial charge on any atom is -0.493 e. The SMILES string of the molecule is CCCC[P+](CCC)(CCCC)CCCOc1ccc(C(=O)c2ccccc2)cc1. The van der Waals surface area contributed by atoms with Crippen LogP contribution >= 0.6 is 7.26 Å². The molecule has 2 rings (SSSR count). The predicted octanol–water partition coefficient (Wildman–Crippen LogP) is 7.71. The third-order valence-electron chi connectivity index (χ3n) is 5.87. The molecule has 2 aromatic carbocycles. The van der Waals surface area contributed by atoms with Crippen molar-refractivity contribution in [2.24, 2.45) is 0 Å². The van der Waals surface area contributed by atoms with Gasteiger partial charge in [-0.25, -0.2) is 0 Å². The number of benzene rings is 2. The molecule has 0 saturated heterocycles. The quantitative estimate of drug-likeness (QED) is 0.165. The lowest BCUT2D eigenvalue weighted by atomic mass is 10.0. The van der Waals surface area contributed by atoms with E-state index in [1.165, 1.54) is 56.8 Å². The first-order valence-corrected chi connectivity index (χ1v) is 14.3. The summed E-state index contributed by atoms with van der Waals surface area (Å²) in [5.41, 5.74) is 1.43. The molecule has 0 saturated carbocycles. The minimum atomic E-state index is -0.830. The Morgan fingerprint density at radius 3 is 1.83 bits per heavy atom. The minimum absolute atomic E-state index is 0.0585. The predicted molar refractivity (Wildman–Crippen MR) is 133 cm³/mol. The summed E-state index contributed by atoms with van der Waals surface area (Å²) in [4.78, 5) is 12.5. The number of carbonyl (C=O) groups is 1. The number of hydrogen-bond acceptors (Lipinski definition) is 2. The molecule has 0 heterocycles. The van der Waals surface area contributed by atoms with Crippen LogP contribution in [-0.4, -0.2) is 37.0 Å². The van der Waals surface area contributed by atoms with Crippen molar-refractivity contribution in [1.82, 2.24) is 0 Å². The summed E-state index contributed by atoms with van der Waals surface area (Å²) in [6.45, 7) is 7.75. The van der Waals surface area contributed by atoms with Gasteiger partial charge >= 0.3 is 0 Å². The van der Waals surface area contributed by atoms with Crippen LogP contribution in [0, 0.1) is 0 Å². The molecule has 0 N–H and O–H groups in total. The first kappa shape index (κ1) is 24.6. The van der Waals surface area contributed by atoms with Gasteiger partial charge in [0.25, 0.3) is 0 Å². The zero-order valence-corrected chi connectivity index (χ0v) is 20.1. The molecule has 0 fully saturated rings. The lowest BCUT2D eigenvalue weighted by Gasteiger charge is -2.27. The average Bonchev–Trinajstić information content (AvgIpc) is 2.79. The van der Waals surface area contributed by atoms with Crippen LogP contribution in [0.2, 0.25) is 0 Å². The van der Waals surface area contributed by atoms with Crippen molar-refractivity contribution in [3.05, 3.63) is 65.7 Å². The Hall–Kier alpha value is -1.66. The topological polar surface area (TPSA) is 26.3 Å². The van der Waals surface area contributed by atoms with Gasteiger partial charge in [-0.15, -0.1) is 0 Å². The van der Waals surface area contributed by atoms with Gasteiger partial charge < -0.3 is 4.74 Å². The molecule has 0 bridgehead atoms. The van der Waals surface area contributed by atoms with Crippen LogP contribution in [0.25, 0.3) is 0 Å². The van der Waals surface area contributed by atoms with E-state index in [4.69, 9.17) is 4.74 Å². The van der Waals surface area contributed by atoms with Gasteiger partial charge in [0.1, 0.15) is 5.75 Å². The second-order valence-electron chi connectivity index (χ2n) is 8.36. The first-order valence-electron chi connectivity index (χ1n) is 11.8. The van der Waals surface area contributed by atoms with E-state index in [9.17, 15) is 4.79 Å². The van der Waals surface area contributed by atoms with E-state index in [-0.39, 0.29) is 5.78 Å². The van der Waals surface area contributed by atoms with Gasteiger partial charge in [-0.3, -0.25) is 4.79 Å². The number of ketones is 1. The smallest absolute Gasteiger partial charge is 0.193 e. The first-order chi connectivity index (χ1) is 14.6. The third kappa shape index (κ3) is 7.88. The second-order valence-corrected chi connectivity index (χ2v) is 12.8. The van der Waals surface area contributed by atoms with Gasteiger partial charge in [-0.05, 0) is 43.5 Å². The van der Waals surface area contributed by atoms with E-state index in [1.54, 1.807) is 0 Å². The number of hydrogen-bond donors (Lipinski definition) is 0. The Kier molecular flexibility index (Phi) is 11.2. The molecule has 0 atom stereocenters. The van der Waals surface area contributed by atoms with Crippen LogP contribution in [-0.2, 0) is 0 Å². The summed E-state index contributed by atoms with van der Waals surface area (Å²) < 4.78 is 6.04. The lowest BCUT2D eigenvalue weighted by Crippen LogP contribution is -2.14. The van der Waals surface area contributed by atoms with E-state index in [0.29, 0.717) is 5.56 Å². The molecule has 2 aromatic rings. The largest absolute Gasteiger partial charge is 0.493 e. The normalized spacial score (nSPS) is 11.4. The van der Waals surface area contributed by atoms with Crippen LogP contribution < -0.4 is 4.74 Å². The molecule has 0 aliphatic rings. The van der Waals surface area contributed by atoms with E-state index in [0.717, 1.165) is 24.3 Å². The Labute approximate surface area is 184 Å². The molecular weight excluding hydrogens is 387 g/mol. The Morgan fingerprint density at radius 1 is 0.700 bits per heavy atom. The van der Waals surface area contributed by atoms with Gasteiger partial charge in [0.15, 0.2) is 5.78 Å². The maximum atomic E-state index is 12.5. The fourth-order valence-corrected chi connectivity index (χ4v) is 9.25. The molecule has 0 radical (unpaired) electrons. The zero-order chi connectivity index (χ0) is 21.7. The zero-order valence-electron chi connectivity index (χ0n) is 19.2. The van der Waals surface area contributed by atoms with Crippen LogP contribution in [0.4, 0.5) is 0 Å². The summed E-state index contributed by atoms with van der Waals surface area (Å²) in [5.74, 6) is 0.921. The average molecular weight is 428 g/mol. The molecule has 0 aliphatic carbocycles. The highest BCUT2D eigenvalue weighted by atomic mass is 31.2. The van der Waals surface area contributed by atoms with Crippen LogP contribution in [0.1, 0.15) is 75.2 Å². The van der Waals surface area contributed by atoms with E-state index >= 15 is 0 Å². The van der Waals surface area contributed by atoms with Gasteiger partial charge in [-0.2, -0.15) is 0 Å². The molecule has 0 amide bonds. The Balaban J connectivity index is 1.87. The fourth-order valence-electron chi connectivity index (χ4n) is 4.18.